The van der Waals surface area contributed by atoms with Crippen LogP contribution in [0.25, 0.3) is 0 Å². The summed E-state index contributed by atoms with van der Waals surface area (Å²) < 4.78 is 9.67. The first kappa shape index (κ1) is 20.9. The van der Waals surface area contributed by atoms with E-state index in [1.165, 1.54) is 18.4 Å². The molecule has 0 radical (unpaired) electrons. The Balaban J connectivity index is 1.82. The molecule has 1 aromatic heterocycles. The molecule has 1 heterocycles. The lowest BCUT2D eigenvalue weighted by atomic mass is 10.0. The van der Waals surface area contributed by atoms with Crippen molar-refractivity contribution in [2.45, 2.75) is 38.5 Å². The summed E-state index contributed by atoms with van der Waals surface area (Å²) in [5.41, 5.74) is 2.14. The maximum atomic E-state index is 12.7. The van der Waals surface area contributed by atoms with Crippen molar-refractivity contribution in [1.82, 2.24) is 5.32 Å². The minimum atomic E-state index is -0.820. The summed E-state index contributed by atoms with van der Waals surface area (Å²) in [6, 6.07) is 7.25. The van der Waals surface area contributed by atoms with Crippen LogP contribution in [-0.2, 0) is 28.8 Å². The lowest BCUT2D eigenvalue weighted by Gasteiger charge is -2.09. The highest BCUT2D eigenvalue weighted by Crippen LogP contribution is 2.37. The molecule has 29 heavy (non-hydrogen) atoms. The highest BCUT2D eigenvalue weighted by Gasteiger charge is 2.26. The van der Waals surface area contributed by atoms with Gasteiger partial charge in [0.1, 0.15) is 10.8 Å². The van der Waals surface area contributed by atoms with Crippen molar-refractivity contribution < 1.29 is 23.9 Å². The molecule has 3 rings (SSSR count). The molecule has 1 aliphatic rings. The Labute approximate surface area is 173 Å². The van der Waals surface area contributed by atoms with E-state index >= 15 is 0 Å². The number of thiophene rings is 1. The van der Waals surface area contributed by atoms with Crippen LogP contribution in [0.15, 0.2) is 24.3 Å². The van der Waals surface area contributed by atoms with Gasteiger partial charge in [0, 0.05) is 4.88 Å². The molecule has 0 saturated carbocycles. The first-order chi connectivity index (χ1) is 14.0. The van der Waals surface area contributed by atoms with Crippen molar-refractivity contribution in [2.24, 2.45) is 0 Å². The molecule has 0 fully saturated rings. The number of ether oxygens (including phenoxy) is 2. The van der Waals surface area contributed by atoms with Crippen LogP contribution < -0.4 is 15.4 Å². The summed E-state index contributed by atoms with van der Waals surface area (Å²) in [5.74, 6) is -0.0485. The number of rotatable bonds is 5. The van der Waals surface area contributed by atoms with E-state index in [-0.39, 0.29) is 12.3 Å². The van der Waals surface area contributed by atoms with Crippen LogP contribution in [0.1, 0.15) is 45.6 Å². The Morgan fingerprint density at radius 1 is 1.03 bits per heavy atom. The maximum absolute atomic E-state index is 12.7. The van der Waals surface area contributed by atoms with Crippen LogP contribution in [0, 0.1) is 0 Å². The van der Waals surface area contributed by atoms with E-state index in [9.17, 15) is 14.4 Å². The van der Waals surface area contributed by atoms with Crippen LogP contribution >= 0.6 is 11.3 Å². The molecule has 1 aliphatic carbocycles. The minimum absolute atomic E-state index is 0.171. The highest BCUT2D eigenvalue weighted by molar-refractivity contribution is 7.17. The van der Waals surface area contributed by atoms with Crippen LogP contribution in [0.3, 0.4) is 0 Å². The molecule has 1 aromatic carbocycles. The maximum Gasteiger partial charge on any atom is 0.413 e. The van der Waals surface area contributed by atoms with Gasteiger partial charge < -0.3 is 14.8 Å². The van der Waals surface area contributed by atoms with E-state index in [1.807, 2.05) is 12.1 Å². The number of nitrogens with one attached hydrogen (secondary N) is 2. The molecule has 2 N–H and O–H groups in total. The molecule has 0 aliphatic heterocycles. The molecule has 3 amide bonds. The van der Waals surface area contributed by atoms with Gasteiger partial charge in [0.25, 0.3) is 5.91 Å². The number of carbonyl (C=O) groups is 3. The zero-order valence-corrected chi connectivity index (χ0v) is 17.3. The number of carbonyl (C=O) groups excluding carboxylic acids is 3. The van der Waals surface area contributed by atoms with E-state index in [0.29, 0.717) is 10.6 Å². The number of hydrogen-bond donors (Lipinski definition) is 2. The topological polar surface area (TPSA) is 93.7 Å². The average molecular weight is 416 g/mol. The van der Waals surface area contributed by atoms with Gasteiger partial charge in [0.05, 0.1) is 26.2 Å². The number of fused-ring (bicyclic) bond motifs is 1. The zero-order valence-electron chi connectivity index (χ0n) is 16.5. The number of benzene rings is 1. The fraction of sp³-hybridized carbons (Fsp3) is 0.381. The number of aryl methyl sites for hydroxylation is 1. The van der Waals surface area contributed by atoms with Crippen molar-refractivity contribution in [1.29, 1.82) is 0 Å². The van der Waals surface area contributed by atoms with Gasteiger partial charge in [-0.15, -0.1) is 11.3 Å². The summed E-state index contributed by atoms with van der Waals surface area (Å²) in [5, 5.41) is 5.58. The summed E-state index contributed by atoms with van der Waals surface area (Å²) in [6.45, 7) is 0. The predicted octanol–water partition coefficient (Wildman–Crippen LogP) is 3.70. The normalized spacial score (nSPS) is 13.0. The van der Waals surface area contributed by atoms with Gasteiger partial charge in [0.2, 0.25) is 5.91 Å². The van der Waals surface area contributed by atoms with Crippen LogP contribution in [0.5, 0.6) is 5.75 Å². The third-order valence-corrected chi connectivity index (χ3v) is 6.03. The number of imide groups is 1. The highest BCUT2D eigenvalue weighted by atomic mass is 32.1. The molecule has 154 valence electrons. The Morgan fingerprint density at radius 3 is 2.45 bits per heavy atom. The molecular formula is C21H24N2O5S. The first-order valence-electron chi connectivity index (χ1n) is 9.48. The van der Waals surface area contributed by atoms with Crippen molar-refractivity contribution in [3.63, 3.8) is 0 Å². The third kappa shape index (κ3) is 5.14. The Bertz CT molecular complexity index is 905. The molecule has 7 nitrogen and oxygen atoms in total. The van der Waals surface area contributed by atoms with Crippen molar-refractivity contribution in [3.05, 3.63) is 45.8 Å². The monoisotopic (exact) mass is 416 g/mol. The summed E-state index contributed by atoms with van der Waals surface area (Å²) in [4.78, 5) is 38.0. The van der Waals surface area contributed by atoms with Crippen molar-refractivity contribution in [2.75, 3.05) is 19.5 Å². The van der Waals surface area contributed by atoms with E-state index in [1.54, 1.807) is 19.2 Å². The molecule has 0 bridgehead atoms. The van der Waals surface area contributed by atoms with Gasteiger partial charge in [0.15, 0.2) is 0 Å². The van der Waals surface area contributed by atoms with E-state index < -0.39 is 12.0 Å². The molecule has 2 aromatic rings. The second kappa shape index (κ2) is 9.56. The van der Waals surface area contributed by atoms with Gasteiger partial charge in [-0.2, -0.15) is 0 Å². The van der Waals surface area contributed by atoms with Gasteiger partial charge in [-0.3, -0.25) is 14.9 Å². The van der Waals surface area contributed by atoms with E-state index in [0.717, 1.165) is 53.9 Å². The Kier molecular flexibility index (Phi) is 6.87. The zero-order chi connectivity index (χ0) is 20.8. The van der Waals surface area contributed by atoms with Crippen LogP contribution in [0.2, 0.25) is 0 Å². The van der Waals surface area contributed by atoms with Gasteiger partial charge in [-0.25, -0.2) is 4.79 Å². The number of alkyl carbamates (subject to hydrolysis) is 1. The summed E-state index contributed by atoms with van der Waals surface area (Å²) in [7, 11) is 2.79. The molecular weight excluding hydrogens is 392 g/mol. The number of anilines is 1. The minimum Gasteiger partial charge on any atom is -0.497 e. The standard InChI is InChI=1S/C21H24N2O5S/c1-27-14-10-8-13(9-11-14)12-17(24)22-20-18(19(25)23-21(26)28-2)15-6-4-3-5-7-16(15)29-20/h8-11H,3-7,12H2,1-2H3,(H,22,24)(H,23,25,26). The fourth-order valence-corrected chi connectivity index (χ4v) is 4.68. The van der Waals surface area contributed by atoms with Crippen molar-refractivity contribution >= 4 is 34.2 Å². The number of methoxy groups -OCH3 is 2. The second-order valence-corrected chi connectivity index (χ2v) is 7.89. The SMILES string of the molecule is COC(=O)NC(=O)c1c(NC(=O)Cc2ccc(OC)cc2)sc2c1CCCCC2. The quantitative estimate of drug-likeness (QED) is 0.725. The van der Waals surface area contributed by atoms with Gasteiger partial charge in [-0.05, 0) is 48.9 Å². The lowest BCUT2D eigenvalue weighted by Crippen LogP contribution is -2.31. The molecule has 0 spiro atoms. The third-order valence-electron chi connectivity index (χ3n) is 4.83. The Hall–Kier alpha value is -2.87. The fourth-order valence-electron chi connectivity index (χ4n) is 3.38. The van der Waals surface area contributed by atoms with Crippen LogP contribution in [-0.4, -0.2) is 32.1 Å². The average Bonchev–Trinajstić information content (AvgIpc) is 2.88. The van der Waals surface area contributed by atoms with E-state index in [4.69, 9.17) is 4.74 Å². The lowest BCUT2D eigenvalue weighted by molar-refractivity contribution is -0.115. The Morgan fingerprint density at radius 2 is 1.76 bits per heavy atom. The molecule has 0 unspecified atom stereocenters. The molecule has 0 saturated heterocycles. The van der Waals surface area contributed by atoms with E-state index in [2.05, 4.69) is 15.4 Å². The molecule has 8 heteroatoms. The summed E-state index contributed by atoms with van der Waals surface area (Å²) in [6.07, 6.45) is 4.09. The van der Waals surface area contributed by atoms with Crippen LogP contribution in [0.4, 0.5) is 9.80 Å². The number of amides is 3. The number of hydrogen-bond acceptors (Lipinski definition) is 6. The first-order valence-corrected chi connectivity index (χ1v) is 10.3. The summed E-state index contributed by atoms with van der Waals surface area (Å²) >= 11 is 1.42. The van der Waals surface area contributed by atoms with Gasteiger partial charge >= 0.3 is 6.09 Å². The van der Waals surface area contributed by atoms with Crippen molar-refractivity contribution in [3.8, 4) is 5.75 Å². The smallest absolute Gasteiger partial charge is 0.413 e. The molecule has 0 atom stereocenters. The second-order valence-electron chi connectivity index (χ2n) is 6.79. The van der Waals surface area contributed by atoms with Gasteiger partial charge in [-0.1, -0.05) is 18.6 Å². The largest absolute Gasteiger partial charge is 0.497 e. The predicted molar refractivity (Wildman–Crippen MR) is 111 cm³/mol.